The van der Waals surface area contributed by atoms with Crippen LogP contribution >= 0.6 is 0 Å². The Labute approximate surface area is 219 Å². The van der Waals surface area contributed by atoms with E-state index in [0.29, 0.717) is 46.1 Å². The lowest BCUT2D eigenvalue weighted by atomic mass is 9.95. The van der Waals surface area contributed by atoms with Gasteiger partial charge in [-0.1, -0.05) is 0 Å². The van der Waals surface area contributed by atoms with Crippen LogP contribution in [0, 0.1) is 0 Å². The number of aromatic nitrogens is 2. The van der Waals surface area contributed by atoms with Crippen LogP contribution in [-0.2, 0) is 16.1 Å². The number of likely N-dealkylation sites (N-methyl/N-ethyl adjacent to an activating group) is 1. The van der Waals surface area contributed by atoms with Crippen LogP contribution in [0.5, 0.6) is 23.0 Å². The second kappa shape index (κ2) is 9.79. The SMILES string of the molecule is COc1cc2c(C3=C(c4c[nH]c5ccc(OC)c(OC)c45)C(=O)NC3=O)cn(CCN(C)C)c2cc1OC. The molecule has 0 spiro atoms. The normalized spacial score (nSPS) is 13.7. The average molecular weight is 519 g/mol. The number of carbonyl (C=O) groups excluding carboxylic acids is 2. The van der Waals surface area contributed by atoms with E-state index in [2.05, 4.69) is 19.8 Å². The Hall–Kier alpha value is -4.44. The fourth-order valence-corrected chi connectivity index (χ4v) is 5.01. The van der Waals surface area contributed by atoms with Crippen molar-refractivity contribution < 1.29 is 28.5 Å². The van der Waals surface area contributed by atoms with Crippen LogP contribution in [0.2, 0.25) is 0 Å². The third kappa shape index (κ3) is 3.93. The molecule has 2 amide bonds. The van der Waals surface area contributed by atoms with Crippen LogP contribution in [0.25, 0.3) is 33.0 Å². The Bertz CT molecular complexity index is 1610. The first kappa shape index (κ1) is 25.2. The number of rotatable bonds is 9. The van der Waals surface area contributed by atoms with E-state index < -0.39 is 11.8 Å². The highest BCUT2D eigenvalue weighted by Gasteiger charge is 2.36. The molecule has 0 unspecified atom stereocenters. The number of ether oxygens (including phenoxy) is 4. The molecule has 2 aromatic carbocycles. The van der Waals surface area contributed by atoms with Crippen LogP contribution in [0.15, 0.2) is 36.7 Å². The number of aromatic amines is 1. The second-order valence-electron chi connectivity index (χ2n) is 9.22. The molecule has 0 saturated heterocycles. The number of hydrogen-bond donors (Lipinski definition) is 2. The molecule has 1 aliphatic heterocycles. The standard InChI is InChI=1S/C28H30N4O6/c1-31(2)9-10-32-14-17(15-11-21(36-4)22(37-5)12-19(15)32)25-24(27(33)30-28(25)34)16-13-29-18-7-8-20(35-3)26(38-6)23(16)18/h7-8,11-14,29H,9-10H2,1-6H3,(H,30,33,34). The van der Waals surface area contributed by atoms with Crippen molar-refractivity contribution in [2.45, 2.75) is 6.54 Å². The van der Waals surface area contributed by atoms with Crippen LogP contribution in [-0.4, -0.2) is 75.3 Å². The second-order valence-corrected chi connectivity index (χ2v) is 9.22. The highest BCUT2D eigenvalue weighted by Crippen LogP contribution is 2.44. The van der Waals surface area contributed by atoms with E-state index in [1.807, 2.05) is 38.5 Å². The summed E-state index contributed by atoms with van der Waals surface area (Å²) in [5.41, 5.74) is 3.31. The maximum atomic E-state index is 13.4. The lowest BCUT2D eigenvalue weighted by molar-refractivity contribution is -0.122. The van der Waals surface area contributed by atoms with Gasteiger partial charge in [0.15, 0.2) is 23.0 Å². The molecule has 0 saturated carbocycles. The van der Waals surface area contributed by atoms with Crippen LogP contribution < -0.4 is 24.3 Å². The molecule has 0 radical (unpaired) electrons. The number of hydrogen-bond acceptors (Lipinski definition) is 7. The van der Waals surface area contributed by atoms with Crippen molar-refractivity contribution in [1.82, 2.24) is 19.8 Å². The summed E-state index contributed by atoms with van der Waals surface area (Å²) in [6.07, 6.45) is 3.63. The number of benzene rings is 2. The Balaban J connectivity index is 1.83. The molecule has 38 heavy (non-hydrogen) atoms. The summed E-state index contributed by atoms with van der Waals surface area (Å²) in [4.78, 5) is 32.0. The maximum absolute atomic E-state index is 13.4. The molecule has 4 aromatic rings. The molecule has 5 rings (SSSR count). The van der Waals surface area contributed by atoms with Gasteiger partial charge in [0.25, 0.3) is 11.8 Å². The monoisotopic (exact) mass is 518 g/mol. The van der Waals surface area contributed by atoms with Gasteiger partial charge >= 0.3 is 0 Å². The number of carbonyl (C=O) groups is 2. The zero-order chi connectivity index (χ0) is 27.1. The van der Waals surface area contributed by atoms with Crippen molar-refractivity contribution in [2.24, 2.45) is 0 Å². The summed E-state index contributed by atoms with van der Waals surface area (Å²) in [6, 6.07) is 7.37. The number of nitrogens with one attached hydrogen (secondary N) is 2. The van der Waals surface area contributed by atoms with E-state index in [1.54, 1.807) is 40.7 Å². The Morgan fingerprint density at radius 3 is 2.13 bits per heavy atom. The highest BCUT2D eigenvalue weighted by molar-refractivity contribution is 6.51. The van der Waals surface area contributed by atoms with E-state index in [-0.39, 0.29) is 11.1 Å². The van der Waals surface area contributed by atoms with Gasteiger partial charge in [-0.25, -0.2) is 0 Å². The van der Waals surface area contributed by atoms with E-state index in [4.69, 9.17) is 18.9 Å². The average Bonchev–Trinajstić information content (AvgIpc) is 3.57. The fourth-order valence-electron chi connectivity index (χ4n) is 5.01. The van der Waals surface area contributed by atoms with Crippen molar-refractivity contribution in [1.29, 1.82) is 0 Å². The Kier molecular flexibility index (Phi) is 6.50. The summed E-state index contributed by atoms with van der Waals surface area (Å²) in [6.45, 7) is 1.43. The fraction of sp³-hybridized carbons (Fsp3) is 0.286. The van der Waals surface area contributed by atoms with Crippen molar-refractivity contribution in [3.8, 4) is 23.0 Å². The number of nitrogens with zero attached hydrogens (tertiary/aromatic N) is 2. The van der Waals surface area contributed by atoms with Gasteiger partial charge in [0.2, 0.25) is 0 Å². The molecule has 2 N–H and O–H groups in total. The number of methoxy groups -OCH3 is 4. The van der Waals surface area contributed by atoms with Crippen molar-refractivity contribution >= 4 is 44.8 Å². The molecule has 0 atom stereocenters. The molecule has 1 aliphatic rings. The number of imide groups is 1. The number of fused-ring (bicyclic) bond motifs is 2. The summed E-state index contributed by atoms with van der Waals surface area (Å²) in [7, 11) is 10.2. The van der Waals surface area contributed by atoms with Gasteiger partial charge in [0, 0.05) is 48.1 Å². The van der Waals surface area contributed by atoms with E-state index >= 15 is 0 Å². The topological polar surface area (TPSA) is 107 Å². The van der Waals surface area contributed by atoms with Gasteiger partial charge < -0.3 is 33.4 Å². The van der Waals surface area contributed by atoms with Gasteiger partial charge in [-0.3, -0.25) is 14.9 Å². The molecule has 0 bridgehead atoms. The number of H-pyrrole nitrogens is 1. The lowest BCUT2D eigenvalue weighted by Crippen LogP contribution is -2.22. The first-order chi connectivity index (χ1) is 18.3. The quantitative estimate of drug-likeness (QED) is 0.328. The molecule has 3 heterocycles. The van der Waals surface area contributed by atoms with Gasteiger partial charge in [0.1, 0.15) is 0 Å². The van der Waals surface area contributed by atoms with Crippen LogP contribution in [0.4, 0.5) is 0 Å². The zero-order valence-electron chi connectivity index (χ0n) is 22.2. The van der Waals surface area contributed by atoms with Crippen molar-refractivity contribution in [2.75, 3.05) is 49.1 Å². The lowest BCUT2D eigenvalue weighted by Gasteiger charge is -2.12. The smallest absolute Gasteiger partial charge is 0.259 e. The van der Waals surface area contributed by atoms with Gasteiger partial charge in [-0.05, 0) is 32.3 Å². The van der Waals surface area contributed by atoms with Gasteiger partial charge in [-0.15, -0.1) is 0 Å². The van der Waals surface area contributed by atoms with Crippen molar-refractivity contribution in [3.05, 3.63) is 47.8 Å². The Morgan fingerprint density at radius 2 is 1.50 bits per heavy atom. The molecule has 0 fully saturated rings. The molecule has 0 aliphatic carbocycles. The molecule has 10 nitrogen and oxygen atoms in total. The summed E-state index contributed by atoms with van der Waals surface area (Å²) >= 11 is 0. The molecular formula is C28H30N4O6. The number of amides is 2. The summed E-state index contributed by atoms with van der Waals surface area (Å²) in [5.74, 6) is 1.14. The molecule has 198 valence electrons. The van der Waals surface area contributed by atoms with Crippen molar-refractivity contribution in [3.63, 3.8) is 0 Å². The van der Waals surface area contributed by atoms with E-state index in [0.717, 1.165) is 23.0 Å². The zero-order valence-corrected chi connectivity index (χ0v) is 22.2. The highest BCUT2D eigenvalue weighted by atomic mass is 16.5. The predicted molar refractivity (Wildman–Crippen MR) is 145 cm³/mol. The molecule has 2 aromatic heterocycles. The van der Waals surface area contributed by atoms with E-state index in [9.17, 15) is 9.59 Å². The molecular weight excluding hydrogens is 488 g/mol. The summed E-state index contributed by atoms with van der Waals surface area (Å²) < 4.78 is 24.3. The van der Waals surface area contributed by atoms with Gasteiger partial charge in [0.05, 0.1) is 56.0 Å². The van der Waals surface area contributed by atoms with Crippen LogP contribution in [0.1, 0.15) is 11.1 Å². The minimum absolute atomic E-state index is 0.259. The van der Waals surface area contributed by atoms with Crippen LogP contribution in [0.3, 0.4) is 0 Å². The maximum Gasteiger partial charge on any atom is 0.259 e. The largest absolute Gasteiger partial charge is 0.493 e. The predicted octanol–water partition coefficient (Wildman–Crippen LogP) is 3.29. The minimum atomic E-state index is -0.481. The first-order valence-electron chi connectivity index (χ1n) is 12.0. The van der Waals surface area contributed by atoms with Gasteiger partial charge in [-0.2, -0.15) is 0 Å². The third-order valence-electron chi connectivity index (χ3n) is 6.83. The Morgan fingerprint density at radius 1 is 0.842 bits per heavy atom. The summed E-state index contributed by atoms with van der Waals surface area (Å²) in [5, 5.41) is 3.92. The third-order valence-corrected chi connectivity index (χ3v) is 6.83. The molecule has 10 heteroatoms. The minimum Gasteiger partial charge on any atom is -0.493 e. The van der Waals surface area contributed by atoms with E-state index in [1.165, 1.54) is 0 Å². The first-order valence-corrected chi connectivity index (χ1v) is 12.0.